The van der Waals surface area contributed by atoms with Gasteiger partial charge >= 0.3 is 0 Å². The highest BCUT2D eigenvalue weighted by Gasteiger charge is 2.35. The molecule has 1 aromatic carbocycles. The Morgan fingerprint density at radius 1 is 1.33 bits per heavy atom. The Hall–Kier alpha value is -1.59. The van der Waals surface area contributed by atoms with Gasteiger partial charge < -0.3 is 15.1 Å². The SMILES string of the molecule is Cc1cc(Br)oc1C(=O)N1C[C@@H](N)[C@H](c2ccccc2)C1. The lowest BCUT2D eigenvalue weighted by Gasteiger charge is -2.15. The summed E-state index contributed by atoms with van der Waals surface area (Å²) in [5, 5.41) is 0. The molecule has 21 heavy (non-hydrogen) atoms. The minimum absolute atomic E-state index is 0.0462. The van der Waals surface area contributed by atoms with Gasteiger partial charge in [-0.2, -0.15) is 0 Å². The van der Waals surface area contributed by atoms with Crippen molar-refractivity contribution in [2.75, 3.05) is 13.1 Å². The van der Waals surface area contributed by atoms with E-state index in [-0.39, 0.29) is 17.9 Å². The van der Waals surface area contributed by atoms with Gasteiger partial charge in [-0.1, -0.05) is 30.3 Å². The Bertz CT molecular complexity index is 654. The summed E-state index contributed by atoms with van der Waals surface area (Å²) in [4.78, 5) is 14.3. The van der Waals surface area contributed by atoms with E-state index in [1.807, 2.05) is 25.1 Å². The molecule has 1 fully saturated rings. The Morgan fingerprint density at radius 2 is 2.05 bits per heavy atom. The smallest absolute Gasteiger partial charge is 0.289 e. The first-order chi connectivity index (χ1) is 10.1. The van der Waals surface area contributed by atoms with Gasteiger partial charge in [0.25, 0.3) is 5.91 Å². The monoisotopic (exact) mass is 348 g/mol. The van der Waals surface area contributed by atoms with Gasteiger partial charge in [0, 0.05) is 30.6 Å². The fourth-order valence-corrected chi connectivity index (χ4v) is 3.35. The van der Waals surface area contributed by atoms with Crippen LogP contribution in [-0.2, 0) is 0 Å². The van der Waals surface area contributed by atoms with E-state index in [1.165, 1.54) is 5.56 Å². The van der Waals surface area contributed by atoms with E-state index >= 15 is 0 Å². The number of carbonyl (C=O) groups excluding carboxylic acids is 1. The number of hydrogen-bond donors (Lipinski definition) is 1. The molecule has 2 atom stereocenters. The first-order valence-corrected chi connectivity index (χ1v) is 7.71. The molecule has 1 aliphatic rings. The summed E-state index contributed by atoms with van der Waals surface area (Å²) in [5.41, 5.74) is 8.24. The van der Waals surface area contributed by atoms with Crippen molar-refractivity contribution in [3.8, 4) is 0 Å². The maximum Gasteiger partial charge on any atom is 0.289 e. The molecular weight excluding hydrogens is 332 g/mol. The van der Waals surface area contributed by atoms with E-state index in [4.69, 9.17) is 10.2 Å². The van der Waals surface area contributed by atoms with E-state index in [9.17, 15) is 4.79 Å². The number of rotatable bonds is 2. The summed E-state index contributed by atoms with van der Waals surface area (Å²) in [7, 11) is 0. The Morgan fingerprint density at radius 3 is 2.67 bits per heavy atom. The van der Waals surface area contributed by atoms with Crippen LogP contribution in [0.1, 0.15) is 27.6 Å². The molecule has 1 amide bonds. The van der Waals surface area contributed by atoms with E-state index < -0.39 is 0 Å². The standard InChI is InChI=1S/C16H17BrN2O2/c1-10-7-14(17)21-15(10)16(20)19-8-12(13(18)9-19)11-5-3-2-4-6-11/h2-7,12-13H,8-9,18H2,1H3/t12-,13+/m0/s1. The third-order valence-electron chi connectivity index (χ3n) is 3.96. The van der Waals surface area contributed by atoms with Crippen molar-refractivity contribution in [3.63, 3.8) is 0 Å². The number of carbonyl (C=O) groups is 1. The van der Waals surface area contributed by atoms with Gasteiger partial charge in [-0.3, -0.25) is 4.79 Å². The maximum atomic E-state index is 12.6. The van der Waals surface area contributed by atoms with Gasteiger partial charge in [-0.05, 0) is 34.5 Å². The van der Waals surface area contributed by atoms with Gasteiger partial charge in [-0.15, -0.1) is 0 Å². The number of likely N-dealkylation sites (tertiary alicyclic amines) is 1. The van der Waals surface area contributed by atoms with Gasteiger partial charge in [0.2, 0.25) is 0 Å². The first kappa shape index (κ1) is 14.4. The van der Waals surface area contributed by atoms with Crippen molar-refractivity contribution < 1.29 is 9.21 Å². The second-order valence-electron chi connectivity index (χ2n) is 5.45. The van der Waals surface area contributed by atoms with E-state index in [2.05, 4.69) is 28.1 Å². The molecule has 4 nitrogen and oxygen atoms in total. The second kappa shape index (κ2) is 5.66. The molecule has 110 valence electrons. The van der Waals surface area contributed by atoms with Gasteiger partial charge in [0.05, 0.1) is 0 Å². The molecule has 0 spiro atoms. The maximum absolute atomic E-state index is 12.6. The van der Waals surface area contributed by atoms with Crippen molar-refractivity contribution in [1.29, 1.82) is 0 Å². The number of nitrogens with zero attached hydrogens (tertiary/aromatic N) is 1. The molecule has 0 unspecified atom stereocenters. The van der Waals surface area contributed by atoms with Crippen molar-refractivity contribution >= 4 is 21.8 Å². The molecule has 5 heteroatoms. The number of amides is 1. The Kier molecular flexibility index (Phi) is 3.87. The zero-order valence-electron chi connectivity index (χ0n) is 11.8. The van der Waals surface area contributed by atoms with E-state index in [0.717, 1.165) is 5.56 Å². The fourth-order valence-electron chi connectivity index (χ4n) is 2.85. The highest BCUT2D eigenvalue weighted by atomic mass is 79.9. The summed E-state index contributed by atoms with van der Waals surface area (Å²) in [6.45, 7) is 3.05. The molecule has 0 saturated carbocycles. The number of aryl methyl sites for hydroxylation is 1. The van der Waals surface area contributed by atoms with Crippen LogP contribution in [0.4, 0.5) is 0 Å². The van der Waals surface area contributed by atoms with Crippen LogP contribution in [0.2, 0.25) is 0 Å². The zero-order chi connectivity index (χ0) is 15.0. The quantitative estimate of drug-likeness (QED) is 0.907. The van der Waals surface area contributed by atoms with Crippen LogP contribution in [0.15, 0.2) is 45.5 Å². The minimum atomic E-state index is -0.0907. The van der Waals surface area contributed by atoms with Crippen LogP contribution in [0.3, 0.4) is 0 Å². The van der Waals surface area contributed by atoms with Crippen LogP contribution in [-0.4, -0.2) is 29.9 Å². The minimum Gasteiger partial charge on any atom is -0.444 e. The molecule has 1 aliphatic heterocycles. The van der Waals surface area contributed by atoms with Crippen LogP contribution in [0, 0.1) is 6.92 Å². The predicted octanol–water partition coefficient (Wildman–Crippen LogP) is 2.92. The Labute approximate surface area is 132 Å². The van der Waals surface area contributed by atoms with Crippen molar-refractivity contribution in [3.05, 3.63) is 58.0 Å². The molecule has 2 heterocycles. The van der Waals surface area contributed by atoms with Crippen LogP contribution >= 0.6 is 15.9 Å². The summed E-state index contributed by atoms with van der Waals surface area (Å²) < 4.78 is 6.02. The molecule has 2 N–H and O–H groups in total. The van der Waals surface area contributed by atoms with Crippen LogP contribution in [0.5, 0.6) is 0 Å². The topological polar surface area (TPSA) is 59.5 Å². The molecule has 3 rings (SSSR count). The summed E-state index contributed by atoms with van der Waals surface area (Å²) >= 11 is 3.26. The van der Waals surface area contributed by atoms with Crippen LogP contribution < -0.4 is 5.73 Å². The number of furan rings is 1. The summed E-state index contributed by atoms with van der Waals surface area (Å²) in [6.07, 6.45) is 0. The number of halogens is 1. The molecule has 2 aromatic rings. The third kappa shape index (κ3) is 2.76. The predicted molar refractivity (Wildman–Crippen MR) is 84.2 cm³/mol. The molecule has 0 radical (unpaired) electrons. The number of nitrogens with two attached hydrogens (primary N) is 1. The first-order valence-electron chi connectivity index (χ1n) is 6.92. The average molecular weight is 349 g/mol. The highest BCUT2D eigenvalue weighted by molar-refractivity contribution is 9.10. The normalized spacial score (nSPS) is 21.8. The van der Waals surface area contributed by atoms with Crippen LogP contribution in [0.25, 0.3) is 0 Å². The van der Waals surface area contributed by atoms with Gasteiger partial charge in [-0.25, -0.2) is 0 Å². The fraction of sp³-hybridized carbons (Fsp3) is 0.312. The van der Waals surface area contributed by atoms with E-state index in [1.54, 1.807) is 11.0 Å². The van der Waals surface area contributed by atoms with Crippen molar-refractivity contribution in [1.82, 2.24) is 4.90 Å². The molecule has 0 aliphatic carbocycles. The summed E-state index contributed by atoms with van der Waals surface area (Å²) in [5.74, 6) is 0.476. The van der Waals surface area contributed by atoms with Gasteiger partial charge in [0.15, 0.2) is 10.4 Å². The third-order valence-corrected chi connectivity index (χ3v) is 4.35. The number of hydrogen-bond acceptors (Lipinski definition) is 3. The number of benzene rings is 1. The Balaban J connectivity index is 1.80. The zero-order valence-corrected chi connectivity index (χ0v) is 13.3. The summed E-state index contributed by atoms with van der Waals surface area (Å²) in [6, 6.07) is 11.9. The second-order valence-corrected chi connectivity index (χ2v) is 6.24. The molecule has 0 bridgehead atoms. The van der Waals surface area contributed by atoms with Crippen molar-refractivity contribution in [2.45, 2.75) is 18.9 Å². The van der Waals surface area contributed by atoms with E-state index in [0.29, 0.717) is 23.5 Å². The lowest BCUT2D eigenvalue weighted by atomic mass is 9.95. The molecule has 1 saturated heterocycles. The lowest BCUT2D eigenvalue weighted by molar-refractivity contribution is 0.0755. The highest BCUT2D eigenvalue weighted by Crippen LogP contribution is 2.29. The average Bonchev–Trinajstić information content (AvgIpc) is 3.02. The lowest BCUT2D eigenvalue weighted by Crippen LogP contribution is -2.32. The largest absolute Gasteiger partial charge is 0.444 e. The molecular formula is C16H17BrN2O2. The van der Waals surface area contributed by atoms with Gasteiger partial charge in [0.1, 0.15) is 0 Å². The van der Waals surface area contributed by atoms with Crippen molar-refractivity contribution in [2.24, 2.45) is 5.73 Å². The molecule has 1 aromatic heterocycles.